The highest BCUT2D eigenvalue weighted by molar-refractivity contribution is 6.06. The monoisotopic (exact) mass is 792 g/mol. The van der Waals surface area contributed by atoms with Gasteiger partial charge in [0.15, 0.2) is 17.6 Å². The molecule has 18 heteroatoms. The molecule has 1 saturated heterocycles. The molecule has 0 radical (unpaired) electrons. The molecule has 2 aromatic carbocycles. The number of nitrogens with one attached hydrogen (secondary N) is 1. The van der Waals surface area contributed by atoms with Gasteiger partial charge in [-0.05, 0) is 31.1 Å². The summed E-state index contributed by atoms with van der Waals surface area (Å²) in [5.41, 5.74) is 15.1. The van der Waals surface area contributed by atoms with Gasteiger partial charge in [-0.25, -0.2) is 0 Å². The number of ether oxygens (including phenoxy) is 7. The van der Waals surface area contributed by atoms with E-state index in [0.29, 0.717) is 61.8 Å². The molecule has 1 spiro atoms. The van der Waals surface area contributed by atoms with Gasteiger partial charge in [0.05, 0.1) is 44.3 Å². The van der Waals surface area contributed by atoms with Gasteiger partial charge in [-0.1, -0.05) is 6.07 Å². The van der Waals surface area contributed by atoms with Crippen LogP contribution in [-0.4, -0.2) is 108 Å². The highest BCUT2D eigenvalue weighted by atomic mass is 16.7. The van der Waals surface area contributed by atoms with Gasteiger partial charge in [-0.3, -0.25) is 19.5 Å². The number of carbonyl (C=O) groups excluding carboxylic acids is 3. The molecule has 304 valence electrons. The summed E-state index contributed by atoms with van der Waals surface area (Å²) in [7, 11) is 3.09. The number of fused-ring (bicyclic) bond motifs is 7. The SMILES string of the molecule is COc1ccc2c(c1OC)OC1c3c(C[NH+]4C=C5C=CN=C5C4)cc(OC4OC(C(OC(=O)CC(=O)[O-])C(N)N)C(O)C(O)C4O)cc3OC3(CCC(=O)CC3)C21. The van der Waals surface area contributed by atoms with E-state index in [1.165, 1.54) is 0 Å². The molecule has 6 aliphatic rings. The van der Waals surface area contributed by atoms with Crippen molar-refractivity contribution < 1.29 is 72.9 Å². The molecule has 1 saturated carbocycles. The number of carbonyl (C=O) groups is 3. The fourth-order valence-corrected chi connectivity index (χ4v) is 8.90. The molecule has 0 amide bonds. The lowest BCUT2D eigenvalue weighted by molar-refractivity contribution is -0.848. The van der Waals surface area contributed by atoms with Crippen molar-refractivity contribution >= 4 is 23.4 Å². The Balaban J connectivity index is 1.19. The molecule has 1 aliphatic carbocycles. The average Bonchev–Trinajstić information content (AvgIpc) is 3.89. The molecule has 5 aliphatic heterocycles. The number of hydrogen-bond donors (Lipinski definition) is 6. The molecule has 57 heavy (non-hydrogen) atoms. The van der Waals surface area contributed by atoms with Gasteiger partial charge >= 0.3 is 5.97 Å². The van der Waals surface area contributed by atoms with Crippen molar-refractivity contribution in [3.63, 3.8) is 0 Å². The quantitative estimate of drug-likeness (QED) is 0.0811. The van der Waals surface area contributed by atoms with Crippen LogP contribution in [0.2, 0.25) is 0 Å². The van der Waals surface area contributed by atoms with Gasteiger partial charge in [-0.15, -0.1) is 0 Å². The number of allylic oxidation sites excluding steroid dienone is 1. The van der Waals surface area contributed by atoms with E-state index in [0.717, 1.165) is 32.9 Å². The number of ketones is 1. The van der Waals surface area contributed by atoms with Gasteiger partial charge in [0.1, 0.15) is 78.4 Å². The third-order valence-corrected chi connectivity index (χ3v) is 11.5. The second-order valence-electron chi connectivity index (χ2n) is 15.1. The van der Waals surface area contributed by atoms with E-state index in [-0.39, 0.29) is 17.5 Å². The second kappa shape index (κ2) is 15.0. The number of nitrogens with two attached hydrogens (primary N) is 2. The third kappa shape index (κ3) is 6.90. The van der Waals surface area contributed by atoms with Crippen LogP contribution in [0, 0.1) is 0 Å². The summed E-state index contributed by atoms with van der Waals surface area (Å²) in [6.07, 6.45) is -6.71. The van der Waals surface area contributed by atoms with Crippen molar-refractivity contribution in [1.82, 2.24) is 0 Å². The first kappa shape index (κ1) is 38.8. The van der Waals surface area contributed by atoms with Crippen LogP contribution >= 0.6 is 0 Å². The summed E-state index contributed by atoms with van der Waals surface area (Å²) in [6.45, 7) is 1.01. The minimum Gasteiger partial charge on any atom is -0.550 e. The van der Waals surface area contributed by atoms with E-state index in [9.17, 15) is 34.8 Å². The van der Waals surface area contributed by atoms with Crippen LogP contribution in [-0.2, 0) is 30.4 Å². The fraction of sp³-hybridized carbons (Fsp3) is 0.487. The maximum absolute atomic E-state index is 12.7. The van der Waals surface area contributed by atoms with Crippen LogP contribution in [0.1, 0.15) is 60.8 Å². The first-order chi connectivity index (χ1) is 27.3. The number of quaternary nitrogens is 1. The number of aliphatic hydroxyl groups is 3. The molecule has 2 aromatic rings. The number of carboxylic acids is 1. The number of methoxy groups -OCH3 is 2. The largest absolute Gasteiger partial charge is 0.550 e. The molecule has 8 rings (SSSR count). The van der Waals surface area contributed by atoms with Crippen molar-refractivity contribution in [3.8, 4) is 28.7 Å². The lowest BCUT2D eigenvalue weighted by atomic mass is 9.67. The number of esters is 1. The Morgan fingerprint density at radius 3 is 2.54 bits per heavy atom. The highest BCUT2D eigenvalue weighted by Crippen LogP contribution is 2.64. The maximum Gasteiger partial charge on any atom is 0.311 e. The van der Waals surface area contributed by atoms with Crippen LogP contribution < -0.4 is 45.2 Å². The summed E-state index contributed by atoms with van der Waals surface area (Å²) in [5.74, 6) is -1.24. The number of aliphatic hydroxyl groups excluding tert-OH is 3. The van der Waals surface area contributed by atoms with Crippen molar-refractivity contribution in [2.75, 3.05) is 20.8 Å². The number of Topliss-reactive ketones (excluding diaryl/α,β-unsaturated/α-hetero) is 1. The zero-order chi connectivity index (χ0) is 40.3. The Kier molecular flexibility index (Phi) is 10.2. The molecule has 9 unspecified atom stereocenters. The first-order valence-electron chi connectivity index (χ1n) is 18.7. The van der Waals surface area contributed by atoms with Crippen LogP contribution in [0.3, 0.4) is 0 Å². The minimum absolute atomic E-state index is 0.128. The maximum atomic E-state index is 12.7. The Labute approximate surface area is 326 Å². The lowest BCUT2D eigenvalue weighted by Gasteiger charge is -2.48. The smallest absolute Gasteiger partial charge is 0.311 e. The van der Waals surface area contributed by atoms with Crippen molar-refractivity contribution in [2.45, 2.75) is 99.2 Å². The van der Waals surface area contributed by atoms with Crippen molar-refractivity contribution in [3.05, 3.63) is 65.0 Å². The lowest BCUT2D eigenvalue weighted by Crippen LogP contribution is -3.05. The Hall–Kier alpha value is -5.08. The highest BCUT2D eigenvalue weighted by Gasteiger charge is 2.58. The third-order valence-electron chi connectivity index (χ3n) is 11.5. The number of rotatable bonds is 11. The number of hydrogen-bond acceptors (Lipinski definition) is 17. The van der Waals surface area contributed by atoms with E-state index < -0.39 is 73.0 Å². The minimum atomic E-state index is -1.90. The molecule has 5 heterocycles. The topological polar surface area (TPSA) is 268 Å². The van der Waals surface area contributed by atoms with E-state index in [1.54, 1.807) is 32.6 Å². The zero-order valence-corrected chi connectivity index (χ0v) is 31.1. The van der Waals surface area contributed by atoms with E-state index >= 15 is 0 Å². The number of aliphatic imine (C=N–C) groups is 1. The van der Waals surface area contributed by atoms with Gasteiger partial charge in [0, 0.05) is 41.8 Å². The van der Waals surface area contributed by atoms with Gasteiger partial charge in [0.2, 0.25) is 12.0 Å². The van der Waals surface area contributed by atoms with E-state index in [4.69, 9.17) is 44.6 Å². The van der Waals surface area contributed by atoms with Gasteiger partial charge in [0.25, 0.3) is 0 Å². The predicted molar refractivity (Wildman–Crippen MR) is 192 cm³/mol. The van der Waals surface area contributed by atoms with Crippen LogP contribution in [0.15, 0.2) is 53.3 Å². The second-order valence-corrected chi connectivity index (χ2v) is 15.1. The molecule has 9 atom stereocenters. The number of carboxylic acid groups (broad SMARTS) is 1. The Bertz CT molecular complexity index is 2060. The molecule has 18 nitrogen and oxygen atoms in total. The van der Waals surface area contributed by atoms with Gasteiger partial charge < -0.3 is 69.8 Å². The van der Waals surface area contributed by atoms with Crippen LogP contribution in [0.4, 0.5) is 0 Å². The molecular formula is C39H44N4O14. The summed E-state index contributed by atoms with van der Waals surface area (Å²) in [5, 5.41) is 44.0. The van der Waals surface area contributed by atoms with Crippen LogP contribution in [0.5, 0.6) is 28.7 Å². The summed E-state index contributed by atoms with van der Waals surface area (Å²) in [4.78, 5) is 41.5. The molecule has 0 bridgehead atoms. The van der Waals surface area contributed by atoms with E-state index in [2.05, 4.69) is 11.2 Å². The average molecular weight is 793 g/mol. The number of benzene rings is 2. The Morgan fingerprint density at radius 2 is 1.86 bits per heavy atom. The summed E-state index contributed by atoms with van der Waals surface area (Å²) >= 11 is 0. The first-order valence-corrected chi connectivity index (χ1v) is 18.7. The molecular weight excluding hydrogens is 748 g/mol. The summed E-state index contributed by atoms with van der Waals surface area (Å²) < 4.78 is 42.7. The Morgan fingerprint density at radius 1 is 1.09 bits per heavy atom. The van der Waals surface area contributed by atoms with Crippen LogP contribution in [0.25, 0.3) is 0 Å². The van der Waals surface area contributed by atoms with E-state index in [1.807, 2.05) is 18.2 Å². The predicted octanol–water partition coefficient (Wildman–Crippen LogP) is -2.07. The molecule has 0 aromatic heterocycles. The molecule has 8 N–H and O–H groups in total. The van der Waals surface area contributed by atoms with Crippen molar-refractivity contribution in [1.29, 1.82) is 0 Å². The van der Waals surface area contributed by atoms with Gasteiger partial charge in [-0.2, -0.15) is 0 Å². The number of aliphatic carboxylic acids is 1. The molecule has 2 fully saturated rings. The standard InChI is InChI=1S/C39H44N4O14/c1-51-23-4-3-21-28-34(55-32(21)33(23)52-2)27-18(15-43-14-17-7-10-42-22(17)16-43)11-20(12-24(27)57-39(28)8-5-19(44)6-9-39)53-38-31(50)29(48)30(49)35(56-38)36(37(40)41)54-26(47)13-25(45)46/h3-4,7,10-12,14,28-31,34-38,48-50H,5-6,8-9,13,15-16,40-41H2,1-2H3,(H,45,46). The number of nitrogens with zero attached hydrogens (tertiary/aromatic N) is 1. The summed E-state index contributed by atoms with van der Waals surface area (Å²) in [6, 6.07) is 7.14. The fourth-order valence-electron chi connectivity index (χ4n) is 8.90. The zero-order valence-electron chi connectivity index (χ0n) is 31.1. The normalized spacial score (nSPS) is 29.6. The van der Waals surface area contributed by atoms with Crippen molar-refractivity contribution in [2.24, 2.45) is 16.5 Å².